The summed E-state index contributed by atoms with van der Waals surface area (Å²) in [4.78, 5) is 2.59. The van der Waals surface area contributed by atoms with Crippen LogP contribution < -0.4 is 0 Å². The molecule has 0 aromatic rings. The predicted octanol–water partition coefficient (Wildman–Crippen LogP) is 4.81. The van der Waals surface area contributed by atoms with Crippen LogP contribution in [0.3, 0.4) is 0 Å². The molecule has 0 aliphatic rings. The Hall–Kier alpha value is -0.0800. The second-order valence-corrected chi connectivity index (χ2v) is 5.62. The number of nitrogens with zero attached hydrogens (tertiary/aromatic N) is 1. The second-order valence-electron chi connectivity index (χ2n) is 5.62. The van der Waals surface area contributed by atoms with E-state index in [4.69, 9.17) is 0 Å². The van der Waals surface area contributed by atoms with Gasteiger partial charge >= 0.3 is 0 Å². The molecule has 0 amide bonds. The lowest BCUT2D eigenvalue weighted by atomic mass is 10.1. The van der Waals surface area contributed by atoms with Gasteiger partial charge in [0.2, 0.25) is 0 Å². The average molecular weight is 274 g/mol. The molecule has 0 aromatic carbocycles. The van der Waals surface area contributed by atoms with Crippen molar-refractivity contribution in [3.05, 3.63) is 0 Å². The molecule has 2 heteroatoms. The third-order valence-corrected chi connectivity index (χ3v) is 3.81. The Morgan fingerprint density at radius 3 is 1.42 bits per heavy atom. The topological polar surface area (TPSA) is 34.7 Å². The van der Waals surface area contributed by atoms with Gasteiger partial charge in [-0.2, -0.15) is 0 Å². The Labute approximate surface area is 122 Å². The first kappa shape index (κ1) is 21.2. The minimum atomic E-state index is 0. The van der Waals surface area contributed by atoms with Crippen LogP contribution in [0.1, 0.15) is 91.4 Å². The van der Waals surface area contributed by atoms with Gasteiger partial charge in [0.1, 0.15) is 0 Å². The van der Waals surface area contributed by atoms with E-state index in [0.717, 1.165) is 0 Å². The largest absolute Gasteiger partial charge is 0.412 e. The molecular formula is C17H39NO. The number of rotatable bonds is 14. The first-order valence-electron chi connectivity index (χ1n) is 8.57. The van der Waals surface area contributed by atoms with Crippen LogP contribution in [0, 0.1) is 0 Å². The first-order valence-corrected chi connectivity index (χ1v) is 8.57. The van der Waals surface area contributed by atoms with Crippen molar-refractivity contribution in [2.24, 2.45) is 0 Å². The van der Waals surface area contributed by atoms with Gasteiger partial charge in [0, 0.05) is 0 Å². The van der Waals surface area contributed by atoms with Crippen LogP contribution in [-0.4, -0.2) is 30.0 Å². The Kier molecular flexibility index (Phi) is 20.0. The summed E-state index contributed by atoms with van der Waals surface area (Å²) in [5, 5.41) is 0. The molecule has 0 rings (SSSR count). The van der Waals surface area contributed by atoms with Gasteiger partial charge in [-0.1, -0.05) is 78.6 Å². The summed E-state index contributed by atoms with van der Waals surface area (Å²) in [5.41, 5.74) is 0. The molecule has 0 saturated carbocycles. The van der Waals surface area contributed by atoms with Crippen LogP contribution >= 0.6 is 0 Å². The van der Waals surface area contributed by atoms with Gasteiger partial charge in [0.05, 0.1) is 0 Å². The Morgan fingerprint density at radius 1 is 0.526 bits per heavy atom. The maximum absolute atomic E-state index is 2.59. The average Bonchev–Trinajstić information content (AvgIpc) is 2.39. The minimum absolute atomic E-state index is 0. The van der Waals surface area contributed by atoms with Crippen LogP contribution in [0.4, 0.5) is 0 Å². The van der Waals surface area contributed by atoms with Crippen LogP contribution in [0.2, 0.25) is 0 Å². The number of unbranched alkanes of at least 4 members (excludes halogenated alkanes) is 9. The van der Waals surface area contributed by atoms with Gasteiger partial charge in [-0.15, -0.1) is 0 Å². The molecule has 2 nitrogen and oxygen atoms in total. The normalized spacial score (nSPS) is 10.7. The smallest absolute Gasteiger partial charge is 0.00189 e. The highest BCUT2D eigenvalue weighted by Crippen LogP contribution is 2.10. The molecule has 0 spiro atoms. The predicted molar refractivity (Wildman–Crippen MR) is 87.9 cm³/mol. The summed E-state index contributed by atoms with van der Waals surface area (Å²) in [6.07, 6.45) is 15.7. The molecule has 0 fully saturated rings. The molecule has 19 heavy (non-hydrogen) atoms. The highest BCUT2D eigenvalue weighted by molar-refractivity contribution is 4.55. The van der Waals surface area contributed by atoms with Gasteiger partial charge in [-0.05, 0) is 32.5 Å². The molecule has 0 aliphatic carbocycles. The van der Waals surface area contributed by atoms with Crippen molar-refractivity contribution in [3.8, 4) is 0 Å². The van der Waals surface area contributed by atoms with Crippen molar-refractivity contribution in [3.63, 3.8) is 0 Å². The van der Waals surface area contributed by atoms with Crippen LogP contribution in [0.25, 0.3) is 0 Å². The Morgan fingerprint density at radius 2 is 1.00 bits per heavy atom. The molecular weight excluding hydrogens is 234 g/mol. The lowest BCUT2D eigenvalue weighted by Gasteiger charge is -2.19. The SMILES string of the molecule is CCCCCCCCCCCCN(CC)CCC.O. The highest BCUT2D eigenvalue weighted by Gasteiger charge is 1.99. The van der Waals surface area contributed by atoms with Crippen molar-refractivity contribution < 1.29 is 5.48 Å². The number of hydrogen-bond donors (Lipinski definition) is 0. The standard InChI is InChI=1S/C17H37N.H2O/c1-4-7-8-9-10-11-12-13-14-15-17-18(6-3)16-5-2;/h4-17H2,1-3H3;1H2. The Bertz CT molecular complexity index is 150. The second kappa shape index (κ2) is 17.9. The van der Waals surface area contributed by atoms with E-state index in [2.05, 4.69) is 25.7 Å². The molecule has 0 atom stereocenters. The van der Waals surface area contributed by atoms with Crippen LogP contribution in [0.15, 0.2) is 0 Å². The highest BCUT2D eigenvalue weighted by atomic mass is 16.0. The van der Waals surface area contributed by atoms with E-state index < -0.39 is 0 Å². The third kappa shape index (κ3) is 15.9. The summed E-state index contributed by atoms with van der Waals surface area (Å²) >= 11 is 0. The van der Waals surface area contributed by atoms with Crippen molar-refractivity contribution in [2.45, 2.75) is 91.4 Å². The molecule has 0 bridgehead atoms. The fourth-order valence-electron chi connectivity index (χ4n) is 2.57. The van der Waals surface area contributed by atoms with Crippen molar-refractivity contribution in [2.75, 3.05) is 19.6 Å². The van der Waals surface area contributed by atoms with E-state index in [1.165, 1.54) is 90.3 Å². The van der Waals surface area contributed by atoms with Crippen molar-refractivity contribution in [1.82, 2.24) is 4.90 Å². The monoisotopic (exact) mass is 273 g/mol. The van der Waals surface area contributed by atoms with E-state index >= 15 is 0 Å². The zero-order valence-electron chi connectivity index (χ0n) is 13.8. The van der Waals surface area contributed by atoms with Gasteiger partial charge in [0.25, 0.3) is 0 Å². The molecule has 0 saturated heterocycles. The van der Waals surface area contributed by atoms with Crippen LogP contribution in [0.5, 0.6) is 0 Å². The molecule has 0 heterocycles. The fourth-order valence-corrected chi connectivity index (χ4v) is 2.57. The molecule has 2 N–H and O–H groups in total. The molecule has 0 aliphatic heterocycles. The zero-order valence-corrected chi connectivity index (χ0v) is 13.8. The molecule has 0 aromatic heterocycles. The summed E-state index contributed by atoms with van der Waals surface area (Å²) in [6, 6.07) is 0. The maximum Gasteiger partial charge on any atom is -0.00189 e. The zero-order chi connectivity index (χ0) is 13.5. The van der Waals surface area contributed by atoms with Crippen LogP contribution in [-0.2, 0) is 0 Å². The van der Waals surface area contributed by atoms with E-state index in [1.807, 2.05) is 0 Å². The molecule has 118 valence electrons. The summed E-state index contributed by atoms with van der Waals surface area (Å²) in [6.45, 7) is 10.7. The van der Waals surface area contributed by atoms with Gasteiger partial charge < -0.3 is 10.4 Å². The van der Waals surface area contributed by atoms with Crippen molar-refractivity contribution >= 4 is 0 Å². The van der Waals surface area contributed by atoms with E-state index in [-0.39, 0.29) is 5.48 Å². The van der Waals surface area contributed by atoms with E-state index in [1.54, 1.807) is 0 Å². The summed E-state index contributed by atoms with van der Waals surface area (Å²) in [5.74, 6) is 0. The van der Waals surface area contributed by atoms with Gasteiger partial charge in [-0.25, -0.2) is 0 Å². The van der Waals surface area contributed by atoms with Crippen molar-refractivity contribution in [1.29, 1.82) is 0 Å². The number of hydrogen-bond acceptors (Lipinski definition) is 1. The summed E-state index contributed by atoms with van der Waals surface area (Å²) < 4.78 is 0. The molecule has 0 radical (unpaired) electrons. The fraction of sp³-hybridized carbons (Fsp3) is 1.00. The van der Waals surface area contributed by atoms with Gasteiger partial charge in [0.15, 0.2) is 0 Å². The van der Waals surface area contributed by atoms with Gasteiger partial charge in [-0.3, -0.25) is 0 Å². The lowest BCUT2D eigenvalue weighted by molar-refractivity contribution is 0.281. The quantitative estimate of drug-likeness (QED) is 0.418. The van der Waals surface area contributed by atoms with E-state index in [9.17, 15) is 0 Å². The minimum Gasteiger partial charge on any atom is -0.412 e. The first-order chi connectivity index (χ1) is 8.85. The summed E-state index contributed by atoms with van der Waals surface area (Å²) in [7, 11) is 0. The molecule has 0 unspecified atom stereocenters. The lowest BCUT2D eigenvalue weighted by Crippen LogP contribution is -2.25. The maximum atomic E-state index is 2.59. The van der Waals surface area contributed by atoms with E-state index in [0.29, 0.717) is 0 Å². The third-order valence-electron chi connectivity index (χ3n) is 3.81. The Balaban J connectivity index is 0.